The van der Waals surface area contributed by atoms with Crippen LogP contribution in [0, 0.1) is 0 Å². The van der Waals surface area contributed by atoms with Gasteiger partial charge in [0.1, 0.15) is 5.54 Å². The van der Waals surface area contributed by atoms with Crippen LogP contribution in [0.5, 0.6) is 0 Å². The summed E-state index contributed by atoms with van der Waals surface area (Å²) in [6.45, 7) is 6.11. The highest BCUT2D eigenvalue weighted by atomic mass is 35.5. The first-order valence-electron chi connectivity index (χ1n) is 9.54. The number of hydrogen-bond acceptors (Lipinski definition) is 4. The van der Waals surface area contributed by atoms with Crippen LogP contribution in [0.2, 0.25) is 0 Å². The monoisotopic (exact) mass is 425 g/mol. The van der Waals surface area contributed by atoms with Crippen LogP contribution in [0.4, 0.5) is 0 Å². The standard InChI is InChI=1S/C20H27N5O.2ClH/c26-19(20(7-10-21-11-8-20)25-12-4-9-22-25)24-15-13-23(14-16-24)17-18-5-2-1-3-6-18;;/h1-6,9,12,21H,7-8,10-11,13-17H2;2*1H. The number of carbonyl (C=O) groups excluding carboxylic acids is 1. The lowest BCUT2D eigenvalue weighted by atomic mass is 9.86. The average Bonchev–Trinajstić information content (AvgIpc) is 3.25. The van der Waals surface area contributed by atoms with Crippen molar-refractivity contribution in [3.05, 3.63) is 54.4 Å². The number of carbonyl (C=O) groups is 1. The summed E-state index contributed by atoms with van der Waals surface area (Å²) in [5.41, 5.74) is 0.815. The molecule has 154 valence electrons. The summed E-state index contributed by atoms with van der Waals surface area (Å²) in [6, 6.07) is 12.5. The number of aromatic nitrogens is 2. The van der Waals surface area contributed by atoms with Gasteiger partial charge in [0.05, 0.1) is 0 Å². The molecule has 28 heavy (non-hydrogen) atoms. The number of amides is 1. The molecule has 6 nitrogen and oxygen atoms in total. The highest BCUT2D eigenvalue weighted by molar-refractivity contribution is 5.86. The number of halogens is 2. The summed E-state index contributed by atoms with van der Waals surface area (Å²) in [4.78, 5) is 17.9. The summed E-state index contributed by atoms with van der Waals surface area (Å²) in [5, 5.41) is 7.80. The highest BCUT2D eigenvalue weighted by Crippen LogP contribution is 2.30. The number of rotatable bonds is 4. The second-order valence-electron chi connectivity index (χ2n) is 7.29. The normalized spacial score (nSPS) is 19.4. The van der Waals surface area contributed by atoms with Crippen molar-refractivity contribution in [2.45, 2.75) is 24.9 Å². The number of benzene rings is 1. The Morgan fingerprint density at radius 1 is 1.00 bits per heavy atom. The molecule has 1 amide bonds. The summed E-state index contributed by atoms with van der Waals surface area (Å²) in [6.07, 6.45) is 5.32. The van der Waals surface area contributed by atoms with Crippen molar-refractivity contribution in [1.29, 1.82) is 0 Å². The van der Waals surface area contributed by atoms with Gasteiger partial charge < -0.3 is 10.2 Å². The van der Waals surface area contributed by atoms with Gasteiger partial charge in [0, 0.05) is 45.1 Å². The summed E-state index contributed by atoms with van der Waals surface area (Å²) in [7, 11) is 0. The van der Waals surface area contributed by atoms with Crippen molar-refractivity contribution in [2.24, 2.45) is 0 Å². The summed E-state index contributed by atoms with van der Waals surface area (Å²) in [5.74, 6) is 0.238. The van der Waals surface area contributed by atoms with Gasteiger partial charge in [-0.1, -0.05) is 30.3 Å². The zero-order valence-corrected chi connectivity index (χ0v) is 17.6. The summed E-state index contributed by atoms with van der Waals surface area (Å²) < 4.78 is 1.90. The molecular weight excluding hydrogens is 397 g/mol. The molecule has 4 rings (SSSR count). The zero-order chi connectivity index (χ0) is 17.8. The number of piperazine rings is 1. The van der Waals surface area contributed by atoms with E-state index in [1.807, 2.05) is 23.0 Å². The minimum absolute atomic E-state index is 0. The third kappa shape index (κ3) is 4.69. The number of nitrogens with one attached hydrogen (secondary N) is 1. The van der Waals surface area contributed by atoms with Crippen molar-refractivity contribution in [2.75, 3.05) is 39.3 Å². The molecule has 3 heterocycles. The highest BCUT2D eigenvalue weighted by Gasteiger charge is 2.44. The second kappa shape index (κ2) is 10.3. The molecule has 8 heteroatoms. The van der Waals surface area contributed by atoms with Crippen molar-refractivity contribution in [3.8, 4) is 0 Å². The molecule has 0 unspecified atom stereocenters. The molecule has 2 aliphatic heterocycles. The first-order valence-corrected chi connectivity index (χ1v) is 9.54. The van der Waals surface area contributed by atoms with Gasteiger partial charge in [-0.15, -0.1) is 24.8 Å². The lowest BCUT2D eigenvalue weighted by Crippen LogP contribution is -2.59. The Hall–Kier alpha value is -1.60. The fourth-order valence-electron chi connectivity index (χ4n) is 4.15. The van der Waals surface area contributed by atoms with Gasteiger partial charge in [0.15, 0.2) is 0 Å². The van der Waals surface area contributed by atoms with E-state index < -0.39 is 5.54 Å². The lowest BCUT2D eigenvalue weighted by Gasteiger charge is -2.43. The van der Waals surface area contributed by atoms with E-state index in [0.717, 1.165) is 58.7 Å². The van der Waals surface area contributed by atoms with E-state index in [1.54, 1.807) is 6.20 Å². The quantitative estimate of drug-likeness (QED) is 0.814. The predicted octanol–water partition coefficient (Wildman–Crippen LogP) is 2.15. The molecule has 1 aromatic heterocycles. The minimum Gasteiger partial charge on any atom is -0.338 e. The Kier molecular flexibility index (Phi) is 8.31. The summed E-state index contributed by atoms with van der Waals surface area (Å²) >= 11 is 0. The first-order chi connectivity index (χ1) is 12.8. The average molecular weight is 426 g/mol. The predicted molar refractivity (Wildman–Crippen MR) is 115 cm³/mol. The van der Waals surface area contributed by atoms with Crippen LogP contribution < -0.4 is 5.32 Å². The Morgan fingerprint density at radius 3 is 2.29 bits per heavy atom. The van der Waals surface area contributed by atoms with E-state index in [9.17, 15) is 4.79 Å². The molecule has 0 saturated carbocycles. The largest absolute Gasteiger partial charge is 0.338 e. The molecule has 0 radical (unpaired) electrons. The maximum absolute atomic E-state index is 13.5. The van der Waals surface area contributed by atoms with Crippen molar-refractivity contribution in [3.63, 3.8) is 0 Å². The van der Waals surface area contributed by atoms with E-state index in [1.165, 1.54) is 5.56 Å². The van der Waals surface area contributed by atoms with Gasteiger partial charge in [-0.05, 0) is 37.6 Å². The van der Waals surface area contributed by atoms with Gasteiger partial charge in [0.25, 0.3) is 5.91 Å². The molecule has 2 aromatic rings. The molecule has 0 spiro atoms. The first kappa shape index (κ1) is 22.7. The van der Waals surface area contributed by atoms with Crippen LogP contribution in [0.15, 0.2) is 48.8 Å². The van der Waals surface area contributed by atoms with Gasteiger partial charge in [-0.2, -0.15) is 5.10 Å². The molecule has 1 N–H and O–H groups in total. The zero-order valence-electron chi connectivity index (χ0n) is 16.0. The molecule has 0 aliphatic carbocycles. The van der Waals surface area contributed by atoms with Gasteiger partial charge >= 0.3 is 0 Å². The maximum atomic E-state index is 13.5. The van der Waals surface area contributed by atoms with Gasteiger partial charge in [-0.25, -0.2) is 0 Å². The third-order valence-electron chi connectivity index (χ3n) is 5.68. The fraction of sp³-hybridized carbons (Fsp3) is 0.500. The van der Waals surface area contributed by atoms with Crippen LogP contribution in [-0.2, 0) is 16.9 Å². The molecular formula is C20H29Cl2N5O. The maximum Gasteiger partial charge on any atom is 0.250 e. The smallest absolute Gasteiger partial charge is 0.250 e. The van der Waals surface area contributed by atoms with Crippen LogP contribution >= 0.6 is 24.8 Å². The number of hydrogen-bond donors (Lipinski definition) is 1. The Bertz CT molecular complexity index is 711. The van der Waals surface area contributed by atoms with Crippen molar-refractivity contribution in [1.82, 2.24) is 24.9 Å². The van der Waals surface area contributed by atoms with E-state index in [0.29, 0.717) is 0 Å². The Morgan fingerprint density at radius 2 is 1.68 bits per heavy atom. The Balaban J connectivity index is 0.00000140. The van der Waals surface area contributed by atoms with E-state index in [4.69, 9.17) is 0 Å². The van der Waals surface area contributed by atoms with Gasteiger partial charge in [-0.3, -0.25) is 14.4 Å². The fourth-order valence-corrected chi connectivity index (χ4v) is 4.15. The molecule has 0 bridgehead atoms. The lowest BCUT2D eigenvalue weighted by molar-refractivity contribution is -0.145. The van der Waals surface area contributed by atoms with Crippen LogP contribution in [-0.4, -0.2) is 64.8 Å². The van der Waals surface area contributed by atoms with E-state index in [2.05, 4.69) is 44.5 Å². The number of nitrogens with zero attached hydrogens (tertiary/aromatic N) is 4. The minimum atomic E-state index is -0.518. The van der Waals surface area contributed by atoms with Crippen molar-refractivity contribution >= 4 is 30.7 Å². The van der Waals surface area contributed by atoms with E-state index in [-0.39, 0.29) is 30.7 Å². The Labute approximate surface area is 179 Å². The molecule has 2 aliphatic rings. The second-order valence-corrected chi connectivity index (χ2v) is 7.29. The SMILES string of the molecule is Cl.Cl.O=C(N1CCN(Cc2ccccc2)CC1)C1(n2cccn2)CCNCC1. The molecule has 1 aromatic carbocycles. The third-order valence-corrected chi connectivity index (χ3v) is 5.68. The topological polar surface area (TPSA) is 53.4 Å². The van der Waals surface area contributed by atoms with Gasteiger partial charge in [0.2, 0.25) is 0 Å². The molecule has 0 atom stereocenters. The molecule has 2 saturated heterocycles. The van der Waals surface area contributed by atoms with Crippen LogP contribution in [0.25, 0.3) is 0 Å². The van der Waals surface area contributed by atoms with Crippen LogP contribution in [0.1, 0.15) is 18.4 Å². The van der Waals surface area contributed by atoms with E-state index >= 15 is 0 Å². The van der Waals surface area contributed by atoms with Crippen molar-refractivity contribution < 1.29 is 4.79 Å². The number of piperidine rings is 1. The van der Waals surface area contributed by atoms with Crippen LogP contribution in [0.3, 0.4) is 0 Å². The molecule has 2 fully saturated rings.